The number of rotatable bonds is 3. The number of halogens is 1. The van der Waals surface area contributed by atoms with E-state index in [1.807, 2.05) is 30.3 Å². The Balaban J connectivity index is 1.98. The summed E-state index contributed by atoms with van der Waals surface area (Å²) < 4.78 is 12.7. The van der Waals surface area contributed by atoms with Crippen LogP contribution in [0.3, 0.4) is 0 Å². The van der Waals surface area contributed by atoms with Crippen LogP contribution in [0.1, 0.15) is 0 Å². The van der Waals surface area contributed by atoms with Crippen LogP contribution in [0.2, 0.25) is 5.02 Å². The first kappa shape index (κ1) is 13.1. The monoisotopic (exact) mass is 318 g/mol. The second kappa shape index (κ2) is 4.98. The molecule has 2 heterocycles. The highest BCUT2D eigenvalue weighted by molar-refractivity contribution is 7.25. The molecule has 1 fully saturated rings. The van der Waals surface area contributed by atoms with Crippen LogP contribution >= 0.6 is 22.9 Å². The van der Waals surface area contributed by atoms with Gasteiger partial charge in [0.15, 0.2) is 5.43 Å². The number of fused-ring (bicyclic) bond motifs is 2. The van der Waals surface area contributed by atoms with Gasteiger partial charge in [-0.2, -0.15) is 0 Å². The summed E-state index contributed by atoms with van der Waals surface area (Å²) in [7, 11) is 0. The molecule has 3 aromatic rings. The normalized spacial score (nSPS) is 17.3. The van der Waals surface area contributed by atoms with Crippen molar-refractivity contribution in [3.05, 3.63) is 51.6 Å². The summed E-state index contributed by atoms with van der Waals surface area (Å²) in [5.41, 5.74) is -0.0440. The molecule has 3 nitrogen and oxygen atoms in total. The molecule has 4 rings (SSSR count). The van der Waals surface area contributed by atoms with Gasteiger partial charge in [0.1, 0.15) is 18.5 Å². The van der Waals surface area contributed by atoms with Crippen LogP contribution in [-0.4, -0.2) is 19.3 Å². The summed E-state index contributed by atoms with van der Waals surface area (Å²) in [6, 6.07) is 11.1. The predicted octanol–water partition coefficient (Wildman–Crippen LogP) is 3.85. The fourth-order valence-electron chi connectivity index (χ4n) is 2.30. The van der Waals surface area contributed by atoms with Gasteiger partial charge in [-0.15, -0.1) is 11.3 Å². The minimum Gasteiger partial charge on any atom is -0.489 e. The van der Waals surface area contributed by atoms with Crippen LogP contribution in [-0.2, 0) is 4.74 Å². The third kappa shape index (κ3) is 2.29. The van der Waals surface area contributed by atoms with E-state index in [1.54, 1.807) is 6.07 Å². The van der Waals surface area contributed by atoms with E-state index in [4.69, 9.17) is 21.1 Å². The lowest BCUT2D eigenvalue weighted by Crippen LogP contribution is -2.06. The van der Waals surface area contributed by atoms with Crippen molar-refractivity contribution < 1.29 is 9.47 Å². The van der Waals surface area contributed by atoms with Crippen molar-refractivity contribution in [1.82, 2.24) is 0 Å². The Morgan fingerprint density at radius 1 is 1.29 bits per heavy atom. The summed E-state index contributed by atoms with van der Waals surface area (Å²) in [6.45, 7) is 1.25. The first-order valence-corrected chi connectivity index (χ1v) is 7.82. The van der Waals surface area contributed by atoms with Gasteiger partial charge in [-0.05, 0) is 24.3 Å². The van der Waals surface area contributed by atoms with Crippen molar-refractivity contribution in [3.8, 4) is 5.75 Å². The van der Waals surface area contributed by atoms with E-state index in [-0.39, 0.29) is 11.5 Å². The molecule has 1 saturated heterocycles. The minimum atomic E-state index is -0.0440. The first-order chi connectivity index (χ1) is 10.2. The Morgan fingerprint density at radius 3 is 2.90 bits per heavy atom. The Kier molecular flexibility index (Phi) is 3.10. The SMILES string of the molecule is O=c1c2ccccc2sc2c(OCC3CO3)ccc(Cl)c12. The first-order valence-electron chi connectivity index (χ1n) is 6.62. The molecule has 1 aromatic heterocycles. The van der Waals surface area contributed by atoms with Crippen LogP contribution in [0, 0.1) is 0 Å². The quantitative estimate of drug-likeness (QED) is 0.544. The maximum Gasteiger partial charge on any atom is 0.197 e. The molecule has 106 valence electrons. The van der Waals surface area contributed by atoms with Gasteiger partial charge in [0.2, 0.25) is 0 Å². The van der Waals surface area contributed by atoms with Gasteiger partial charge in [-0.1, -0.05) is 23.7 Å². The fraction of sp³-hybridized carbons (Fsp3) is 0.188. The Labute approximate surface area is 129 Å². The molecule has 0 aliphatic carbocycles. The minimum absolute atomic E-state index is 0.0440. The second-order valence-corrected chi connectivity index (χ2v) is 6.40. The van der Waals surface area contributed by atoms with Crippen molar-refractivity contribution in [1.29, 1.82) is 0 Å². The molecule has 5 heteroatoms. The van der Waals surface area contributed by atoms with Crippen molar-refractivity contribution in [3.63, 3.8) is 0 Å². The van der Waals surface area contributed by atoms with Gasteiger partial charge in [-0.3, -0.25) is 4.79 Å². The van der Waals surface area contributed by atoms with Crippen molar-refractivity contribution in [2.24, 2.45) is 0 Å². The molecular formula is C16H11ClO3S. The molecular weight excluding hydrogens is 308 g/mol. The second-order valence-electron chi connectivity index (χ2n) is 4.94. The van der Waals surface area contributed by atoms with Gasteiger partial charge in [0.25, 0.3) is 0 Å². The number of hydrogen-bond donors (Lipinski definition) is 0. The van der Waals surface area contributed by atoms with Crippen LogP contribution in [0.15, 0.2) is 41.2 Å². The Morgan fingerprint density at radius 2 is 2.10 bits per heavy atom. The van der Waals surface area contributed by atoms with E-state index in [0.29, 0.717) is 28.2 Å². The van der Waals surface area contributed by atoms with Gasteiger partial charge in [0, 0.05) is 10.1 Å². The van der Waals surface area contributed by atoms with E-state index in [1.165, 1.54) is 11.3 Å². The van der Waals surface area contributed by atoms with Gasteiger partial charge in [-0.25, -0.2) is 0 Å². The molecule has 0 saturated carbocycles. The molecule has 1 aliphatic rings. The standard InChI is InChI=1S/C16H11ClO3S/c17-11-5-6-12(20-8-9-7-19-9)16-14(11)15(18)10-3-1-2-4-13(10)21-16/h1-6,9H,7-8H2. The Hall–Kier alpha value is -1.62. The lowest BCUT2D eigenvalue weighted by molar-refractivity contribution is 0.265. The molecule has 1 aliphatic heterocycles. The largest absolute Gasteiger partial charge is 0.489 e. The molecule has 0 amide bonds. The van der Waals surface area contributed by atoms with Crippen LogP contribution < -0.4 is 10.2 Å². The van der Waals surface area contributed by atoms with E-state index >= 15 is 0 Å². The number of ether oxygens (including phenoxy) is 2. The molecule has 0 radical (unpaired) electrons. The van der Waals surface area contributed by atoms with E-state index in [0.717, 1.165) is 16.0 Å². The van der Waals surface area contributed by atoms with E-state index < -0.39 is 0 Å². The topological polar surface area (TPSA) is 38.8 Å². The summed E-state index contributed by atoms with van der Waals surface area (Å²) in [4.78, 5) is 12.7. The lowest BCUT2D eigenvalue weighted by atomic mass is 10.2. The Bertz CT molecular complexity index is 899. The molecule has 0 bridgehead atoms. The molecule has 1 atom stereocenters. The summed E-state index contributed by atoms with van der Waals surface area (Å²) in [5, 5.41) is 1.70. The van der Waals surface area contributed by atoms with Crippen LogP contribution in [0.5, 0.6) is 5.75 Å². The summed E-state index contributed by atoms with van der Waals surface area (Å²) in [5.74, 6) is 0.692. The summed E-state index contributed by atoms with van der Waals surface area (Å²) >= 11 is 7.76. The molecule has 21 heavy (non-hydrogen) atoms. The van der Waals surface area contributed by atoms with Gasteiger partial charge >= 0.3 is 0 Å². The smallest absolute Gasteiger partial charge is 0.197 e. The van der Waals surface area contributed by atoms with Crippen LogP contribution in [0.25, 0.3) is 20.2 Å². The highest BCUT2D eigenvalue weighted by Gasteiger charge is 2.24. The van der Waals surface area contributed by atoms with Crippen molar-refractivity contribution in [2.45, 2.75) is 6.10 Å². The average molecular weight is 319 g/mol. The zero-order chi connectivity index (χ0) is 14.4. The third-order valence-corrected chi connectivity index (χ3v) is 4.97. The number of hydrogen-bond acceptors (Lipinski definition) is 4. The maximum atomic E-state index is 12.7. The van der Waals surface area contributed by atoms with Crippen molar-refractivity contribution >= 4 is 43.1 Å². The van der Waals surface area contributed by atoms with E-state index in [2.05, 4.69) is 0 Å². The van der Waals surface area contributed by atoms with Crippen molar-refractivity contribution in [2.75, 3.05) is 13.2 Å². The maximum absolute atomic E-state index is 12.7. The zero-order valence-electron chi connectivity index (χ0n) is 11.0. The molecule has 0 N–H and O–H groups in total. The molecule has 2 aromatic carbocycles. The van der Waals surface area contributed by atoms with Gasteiger partial charge < -0.3 is 9.47 Å². The van der Waals surface area contributed by atoms with Gasteiger partial charge in [0.05, 0.1) is 21.7 Å². The van der Waals surface area contributed by atoms with E-state index in [9.17, 15) is 4.79 Å². The number of epoxide rings is 1. The molecule has 0 spiro atoms. The van der Waals surface area contributed by atoms with Crippen LogP contribution in [0.4, 0.5) is 0 Å². The molecule has 1 unspecified atom stereocenters. The summed E-state index contributed by atoms with van der Waals surface area (Å²) in [6.07, 6.45) is 0.174. The average Bonchev–Trinajstić information content (AvgIpc) is 3.31. The fourth-order valence-corrected chi connectivity index (χ4v) is 3.77. The highest BCUT2D eigenvalue weighted by Crippen LogP contribution is 2.36. The highest BCUT2D eigenvalue weighted by atomic mass is 35.5. The third-order valence-electron chi connectivity index (χ3n) is 3.47. The zero-order valence-corrected chi connectivity index (χ0v) is 12.5. The lowest BCUT2D eigenvalue weighted by Gasteiger charge is -2.09. The number of benzene rings is 2. The predicted molar refractivity (Wildman–Crippen MR) is 85.8 cm³/mol.